The van der Waals surface area contributed by atoms with Gasteiger partial charge >= 0.3 is 5.97 Å². The van der Waals surface area contributed by atoms with Crippen molar-refractivity contribution < 1.29 is 19.4 Å². The van der Waals surface area contributed by atoms with E-state index in [4.69, 9.17) is 9.84 Å². The average Bonchev–Trinajstić information content (AvgIpc) is 2.44. The van der Waals surface area contributed by atoms with Gasteiger partial charge in [-0.25, -0.2) is 0 Å². The van der Waals surface area contributed by atoms with Crippen LogP contribution in [0.4, 0.5) is 0 Å². The summed E-state index contributed by atoms with van der Waals surface area (Å²) in [4.78, 5) is 23.2. The number of aliphatic carboxylic acids is 1. The van der Waals surface area contributed by atoms with Gasteiger partial charge in [-0.05, 0) is 57.2 Å². The summed E-state index contributed by atoms with van der Waals surface area (Å²) in [6, 6.07) is 6.13. The van der Waals surface area contributed by atoms with E-state index < -0.39 is 17.8 Å². The number of hydrogen-bond donors (Lipinski definition) is 2. The van der Waals surface area contributed by atoms with Gasteiger partial charge in [0.1, 0.15) is 11.4 Å². The Hall–Kier alpha value is -2.30. The van der Waals surface area contributed by atoms with Gasteiger partial charge in [0.05, 0.1) is 11.8 Å². The molecule has 0 unspecified atom stereocenters. The van der Waals surface area contributed by atoms with Gasteiger partial charge in [0.15, 0.2) is 0 Å². The molecule has 0 spiro atoms. The molecule has 1 amide bonds. The van der Waals surface area contributed by atoms with Crippen molar-refractivity contribution in [2.75, 3.05) is 0 Å². The lowest BCUT2D eigenvalue weighted by Gasteiger charge is -2.33. The minimum atomic E-state index is -0.951. The van der Waals surface area contributed by atoms with Crippen LogP contribution in [0.2, 0.25) is 0 Å². The lowest BCUT2D eigenvalue weighted by molar-refractivity contribution is -0.145. The molecule has 5 nitrogen and oxygen atoms in total. The monoisotopic (exact) mass is 343 g/mol. The van der Waals surface area contributed by atoms with Crippen molar-refractivity contribution in [2.24, 2.45) is 11.8 Å². The number of carboxylic acid groups (broad SMARTS) is 1. The van der Waals surface area contributed by atoms with Crippen molar-refractivity contribution in [3.05, 3.63) is 41.5 Å². The number of carboxylic acids is 1. The van der Waals surface area contributed by atoms with Gasteiger partial charge in [-0.2, -0.15) is 0 Å². The lowest BCUT2D eigenvalue weighted by Crippen LogP contribution is -2.44. The van der Waals surface area contributed by atoms with E-state index >= 15 is 0 Å². The highest BCUT2D eigenvalue weighted by Crippen LogP contribution is 2.33. The van der Waals surface area contributed by atoms with E-state index in [2.05, 4.69) is 25.2 Å². The largest absolute Gasteiger partial charge is 0.488 e. The van der Waals surface area contributed by atoms with E-state index in [1.165, 1.54) is 5.56 Å². The molecule has 1 aliphatic carbocycles. The summed E-state index contributed by atoms with van der Waals surface area (Å²) in [5, 5.41) is 12.0. The first-order chi connectivity index (χ1) is 11.7. The summed E-state index contributed by atoms with van der Waals surface area (Å²) in [7, 11) is 0. The molecule has 0 saturated heterocycles. The summed E-state index contributed by atoms with van der Waals surface area (Å²) in [5.41, 5.74) is 2.24. The van der Waals surface area contributed by atoms with E-state index in [1.807, 2.05) is 19.1 Å². The predicted octanol–water partition coefficient (Wildman–Crippen LogP) is 2.72. The molecule has 1 heterocycles. The van der Waals surface area contributed by atoms with E-state index in [0.717, 1.165) is 24.2 Å². The van der Waals surface area contributed by atoms with Crippen LogP contribution in [-0.2, 0) is 22.4 Å². The molecule has 3 rings (SSSR count). The van der Waals surface area contributed by atoms with E-state index in [9.17, 15) is 9.59 Å². The zero-order chi connectivity index (χ0) is 18.2. The third-order valence-electron chi connectivity index (χ3n) is 4.94. The highest BCUT2D eigenvalue weighted by Gasteiger charge is 2.36. The van der Waals surface area contributed by atoms with Crippen LogP contribution in [0.5, 0.6) is 5.75 Å². The summed E-state index contributed by atoms with van der Waals surface area (Å²) in [6.45, 7) is 6.14. The fraction of sp³-hybridized carbons (Fsp3) is 0.500. The quantitative estimate of drug-likeness (QED) is 0.806. The molecule has 0 radical (unpaired) electrons. The summed E-state index contributed by atoms with van der Waals surface area (Å²) < 4.78 is 6.00. The smallest absolute Gasteiger partial charge is 0.311 e. The Kier molecular flexibility index (Phi) is 4.58. The first-order valence-corrected chi connectivity index (χ1v) is 8.77. The highest BCUT2D eigenvalue weighted by molar-refractivity contribution is 5.89. The molecule has 1 aromatic rings. The Morgan fingerprint density at radius 2 is 2.04 bits per heavy atom. The minimum absolute atomic E-state index is 0.0602. The maximum atomic E-state index is 12.2. The number of amides is 1. The lowest BCUT2D eigenvalue weighted by atomic mass is 9.81. The van der Waals surface area contributed by atoms with Gasteiger partial charge in [-0.3, -0.25) is 9.59 Å². The van der Waals surface area contributed by atoms with Gasteiger partial charge in [0.2, 0.25) is 5.91 Å². The van der Waals surface area contributed by atoms with Crippen molar-refractivity contribution in [2.45, 2.75) is 51.7 Å². The fourth-order valence-electron chi connectivity index (χ4n) is 3.40. The molecule has 0 fully saturated rings. The zero-order valence-electron chi connectivity index (χ0n) is 14.9. The van der Waals surface area contributed by atoms with Crippen LogP contribution >= 0.6 is 0 Å². The number of aryl methyl sites for hydroxylation is 1. The van der Waals surface area contributed by atoms with Crippen LogP contribution in [0.3, 0.4) is 0 Å². The molecule has 3 atom stereocenters. The number of nitrogens with one attached hydrogen (secondary N) is 1. The molecular formula is C20H25NO4. The summed E-state index contributed by atoms with van der Waals surface area (Å²) >= 11 is 0. The normalized spacial score (nSPS) is 24.4. The van der Waals surface area contributed by atoms with Gasteiger partial charge in [0.25, 0.3) is 0 Å². The van der Waals surface area contributed by atoms with Gasteiger partial charge in [-0.15, -0.1) is 0 Å². The maximum absolute atomic E-state index is 12.2. The Bertz CT molecular complexity index is 722. The second kappa shape index (κ2) is 6.54. The molecule has 134 valence electrons. The Morgan fingerprint density at radius 1 is 1.32 bits per heavy atom. The first kappa shape index (κ1) is 17.5. The third-order valence-corrected chi connectivity index (χ3v) is 4.94. The number of benzene rings is 1. The van der Waals surface area contributed by atoms with Crippen LogP contribution in [0.1, 0.15) is 38.3 Å². The number of hydrogen-bond acceptors (Lipinski definition) is 3. The molecule has 25 heavy (non-hydrogen) atoms. The summed E-state index contributed by atoms with van der Waals surface area (Å²) in [5.74, 6) is -1.48. The Labute approximate surface area is 148 Å². The van der Waals surface area contributed by atoms with Crippen molar-refractivity contribution in [1.29, 1.82) is 0 Å². The van der Waals surface area contributed by atoms with Crippen molar-refractivity contribution in [3.63, 3.8) is 0 Å². The molecule has 0 saturated carbocycles. The molecule has 1 aromatic carbocycles. The molecule has 2 aliphatic rings. The number of carbonyl (C=O) groups excluding carboxylic acids is 1. The van der Waals surface area contributed by atoms with Crippen LogP contribution in [-0.4, -0.2) is 28.6 Å². The van der Waals surface area contributed by atoms with Crippen LogP contribution in [0.25, 0.3) is 0 Å². The SMILES string of the molecule is C[C@H](Cc1ccc2c(c1)CCC(C)(C)O2)NC(=O)[C@@H]1C=C[C@@H]1C(=O)O. The molecule has 0 aromatic heterocycles. The molecule has 1 aliphatic heterocycles. The van der Waals surface area contributed by atoms with Crippen molar-refractivity contribution in [3.8, 4) is 5.75 Å². The van der Waals surface area contributed by atoms with E-state index in [1.54, 1.807) is 12.2 Å². The van der Waals surface area contributed by atoms with Crippen molar-refractivity contribution in [1.82, 2.24) is 5.32 Å². The predicted molar refractivity (Wildman–Crippen MR) is 94.5 cm³/mol. The number of rotatable bonds is 5. The van der Waals surface area contributed by atoms with E-state index in [-0.39, 0.29) is 17.6 Å². The minimum Gasteiger partial charge on any atom is -0.488 e. The second-order valence-corrected chi connectivity index (χ2v) is 7.69. The van der Waals surface area contributed by atoms with Crippen LogP contribution in [0, 0.1) is 11.8 Å². The maximum Gasteiger partial charge on any atom is 0.311 e. The number of carbonyl (C=O) groups is 2. The van der Waals surface area contributed by atoms with Crippen LogP contribution in [0.15, 0.2) is 30.4 Å². The van der Waals surface area contributed by atoms with Crippen molar-refractivity contribution >= 4 is 11.9 Å². The summed E-state index contributed by atoms with van der Waals surface area (Å²) in [6.07, 6.45) is 5.89. The molecule has 5 heteroatoms. The van der Waals surface area contributed by atoms with Gasteiger partial charge in [-0.1, -0.05) is 24.3 Å². The van der Waals surface area contributed by atoms with E-state index in [0.29, 0.717) is 6.42 Å². The first-order valence-electron chi connectivity index (χ1n) is 8.77. The number of ether oxygens (including phenoxy) is 1. The molecule has 2 N–H and O–H groups in total. The second-order valence-electron chi connectivity index (χ2n) is 7.69. The zero-order valence-corrected chi connectivity index (χ0v) is 14.9. The van der Waals surface area contributed by atoms with Gasteiger partial charge < -0.3 is 15.2 Å². The Balaban J connectivity index is 1.58. The fourth-order valence-corrected chi connectivity index (χ4v) is 3.40. The number of fused-ring (bicyclic) bond motifs is 1. The molecular weight excluding hydrogens is 318 g/mol. The molecule has 0 bridgehead atoms. The standard InChI is InChI=1S/C20H25NO4/c1-12(21-18(22)15-5-6-16(15)19(23)24)10-13-4-7-17-14(11-13)8-9-20(2,3)25-17/h4-7,11-12,15-16H,8-10H2,1-3H3,(H,21,22)(H,23,24)/t12-,15-,16+/m1/s1. The topological polar surface area (TPSA) is 75.6 Å². The van der Waals surface area contributed by atoms with Gasteiger partial charge in [0, 0.05) is 6.04 Å². The average molecular weight is 343 g/mol. The highest BCUT2D eigenvalue weighted by atomic mass is 16.5. The van der Waals surface area contributed by atoms with Crippen LogP contribution < -0.4 is 10.1 Å². The third kappa shape index (κ3) is 3.86. The Morgan fingerprint density at radius 3 is 2.68 bits per heavy atom.